The molecule has 254 valence electrons. The fourth-order valence-corrected chi connectivity index (χ4v) is 6.83. The topological polar surface area (TPSA) is 88.7 Å². The van der Waals surface area contributed by atoms with E-state index in [0.717, 1.165) is 108 Å². The van der Waals surface area contributed by atoms with E-state index in [1.807, 2.05) is 95.7 Å². The first-order chi connectivity index (χ1) is 23.4. The number of rotatable bonds is 9. The maximum absolute atomic E-state index is 13.2. The number of nitrogens with zero attached hydrogens (tertiary/aromatic N) is 5. The molecule has 3 aromatic carbocycles. The minimum atomic E-state index is -0.430. The summed E-state index contributed by atoms with van der Waals surface area (Å²) in [5.41, 5.74) is 4.59. The predicted octanol–water partition coefficient (Wildman–Crippen LogP) is 5.47. The van der Waals surface area contributed by atoms with Crippen LogP contribution in [0.3, 0.4) is 0 Å². The van der Waals surface area contributed by atoms with Gasteiger partial charge in [0, 0.05) is 90.2 Å². The summed E-state index contributed by atoms with van der Waals surface area (Å²) in [6, 6.07) is 25.9. The SMILES string of the molecule is CN(CCN1CCC(OC(=O)Nc2ccccc2-c2ccccc2)CC1)C(=O)c1ccc(CN2CCN(C(=O)N3CCCC3)CC2)cc1. The van der Waals surface area contributed by atoms with E-state index in [1.54, 1.807) is 4.90 Å². The summed E-state index contributed by atoms with van der Waals surface area (Å²) in [6.07, 6.45) is 3.19. The number of para-hydroxylation sites is 1. The zero-order chi connectivity index (χ0) is 33.3. The van der Waals surface area contributed by atoms with Gasteiger partial charge in [-0.2, -0.15) is 0 Å². The van der Waals surface area contributed by atoms with E-state index in [0.29, 0.717) is 12.1 Å². The molecule has 0 saturated carbocycles. The van der Waals surface area contributed by atoms with Crippen molar-refractivity contribution in [2.24, 2.45) is 0 Å². The number of nitrogens with one attached hydrogen (secondary N) is 1. The molecule has 0 unspecified atom stereocenters. The highest BCUT2D eigenvalue weighted by Crippen LogP contribution is 2.28. The molecule has 10 heteroatoms. The lowest BCUT2D eigenvalue weighted by Crippen LogP contribution is -2.52. The van der Waals surface area contributed by atoms with Gasteiger partial charge in [-0.05, 0) is 55.0 Å². The van der Waals surface area contributed by atoms with E-state index in [4.69, 9.17) is 4.74 Å². The number of piperazine rings is 1. The lowest BCUT2D eigenvalue weighted by atomic mass is 10.0. The Bertz CT molecular complexity index is 1510. The summed E-state index contributed by atoms with van der Waals surface area (Å²) in [4.78, 5) is 49.1. The number of carbonyl (C=O) groups is 3. The number of likely N-dealkylation sites (N-methyl/N-ethyl adjacent to an activating group) is 1. The van der Waals surface area contributed by atoms with Gasteiger partial charge in [-0.3, -0.25) is 15.0 Å². The van der Waals surface area contributed by atoms with E-state index in [-0.39, 0.29) is 18.0 Å². The molecule has 0 spiro atoms. The zero-order valence-corrected chi connectivity index (χ0v) is 28.1. The van der Waals surface area contributed by atoms with Gasteiger partial charge in [-0.15, -0.1) is 0 Å². The molecule has 0 radical (unpaired) electrons. The number of carbonyl (C=O) groups excluding carboxylic acids is 3. The fraction of sp³-hybridized carbons (Fsp3) is 0.447. The predicted molar refractivity (Wildman–Crippen MR) is 188 cm³/mol. The molecule has 0 bridgehead atoms. The Balaban J connectivity index is 0.885. The van der Waals surface area contributed by atoms with Crippen molar-refractivity contribution in [1.82, 2.24) is 24.5 Å². The maximum atomic E-state index is 13.2. The third-order valence-corrected chi connectivity index (χ3v) is 9.78. The molecule has 0 atom stereocenters. The number of piperidine rings is 1. The number of hydrogen-bond donors (Lipinski definition) is 1. The maximum Gasteiger partial charge on any atom is 0.411 e. The molecule has 0 aromatic heterocycles. The van der Waals surface area contributed by atoms with Gasteiger partial charge >= 0.3 is 12.1 Å². The van der Waals surface area contributed by atoms with Crippen LogP contribution in [-0.4, -0.2) is 121 Å². The molecular formula is C38H48N6O4. The van der Waals surface area contributed by atoms with Gasteiger partial charge in [0.05, 0.1) is 5.69 Å². The van der Waals surface area contributed by atoms with Crippen LogP contribution in [0.4, 0.5) is 15.3 Å². The summed E-state index contributed by atoms with van der Waals surface area (Å²) in [5.74, 6) is 0.0151. The average Bonchev–Trinajstić information content (AvgIpc) is 3.67. The number of amides is 4. The van der Waals surface area contributed by atoms with Crippen LogP contribution < -0.4 is 5.32 Å². The molecule has 1 N–H and O–H groups in total. The normalized spacial score (nSPS) is 17.7. The van der Waals surface area contributed by atoms with E-state index in [1.165, 1.54) is 5.56 Å². The lowest BCUT2D eigenvalue weighted by Gasteiger charge is -2.36. The van der Waals surface area contributed by atoms with Gasteiger partial charge in [0.2, 0.25) is 0 Å². The fourth-order valence-electron chi connectivity index (χ4n) is 6.83. The van der Waals surface area contributed by atoms with E-state index >= 15 is 0 Å². The van der Waals surface area contributed by atoms with Crippen LogP contribution in [0.2, 0.25) is 0 Å². The molecule has 0 aliphatic carbocycles. The summed E-state index contributed by atoms with van der Waals surface area (Å²) < 4.78 is 5.79. The Kier molecular flexibility index (Phi) is 11.3. The van der Waals surface area contributed by atoms with Crippen molar-refractivity contribution in [2.45, 2.75) is 38.3 Å². The Morgan fingerprint density at radius 2 is 1.40 bits per heavy atom. The highest BCUT2D eigenvalue weighted by atomic mass is 16.6. The van der Waals surface area contributed by atoms with Crippen molar-refractivity contribution in [3.05, 3.63) is 90.0 Å². The van der Waals surface area contributed by atoms with E-state index in [2.05, 4.69) is 15.1 Å². The lowest BCUT2D eigenvalue weighted by molar-refractivity contribution is 0.0540. The van der Waals surface area contributed by atoms with E-state index < -0.39 is 6.09 Å². The molecular weight excluding hydrogens is 604 g/mol. The number of hydrogen-bond acceptors (Lipinski definition) is 6. The van der Waals surface area contributed by atoms with E-state index in [9.17, 15) is 14.4 Å². The van der Waals surface area contributed by atoms with Crippen molar-refractivity contribution in [1.29, 1.82) is 0 Å². The second-order valence-corrected chi connectivity index (χ2v) is 13.1. The molecule has 3 aliphatic heterocycles. The Hall–Kier alpha value is -4.41. The molecule has 6 rings (SSSR count). The van der Waals surface area contributed by atoms with Crippen LogP contribution in [0.1, 0.15) is 41.6 Å². The summed E-state index contributed by atoms with van der Waals surface area (Å²) in [6.45, 7) is 8.89. The Morgan fingerprint density at radius 3 is 2.10 bits per heavy atom. The summed E-state index contributed by atoms with van der Waals surface area (Å²) in [5, 5.41) is 2.94. The molecule has 3 fully saturated rings. The molecule has 4 amide bonds. The first-order valence-electron chi connectivity index (χ1n) is 17.4. The quantitative estimate of drug-likeness (QED) is 0.330. The second-order valence-electron chi connectivity index (χ2n) is 13.1. The first-order valence-corrected chi connectivity index (χ1v) is 17.4. The van der Waals surface area contributed by atoms with Gasteiger partial charge in [0.15, 0.2) is 0 Å². The van der Waals surface area contributed by atoms with Gasteiger partial charge in [0.25, 0.3) is 5.91 Å². The molecule has 3 aromatic rings. The van der Waals surface area contributed by atoms with Crippen molar-refractivity contribution < 1.29 is 19.1 Å². The van der Waals surface area contributed by atoms with Gasteiger partial charge in [0.1, 0.15) is 6.10 Å². The third kappa shape index (κ3) is 8.73. The number of benzene rings is 3. The number of anilines is 1. The van der Waals surface area contributed by atoms with Crippen molar-refractivity contribution in [3.8, 4) is 11.1 Å². The van der Waals surface area contributed by atoms with Crippen LogP contribution in [0.5, 0.6) is 0 Å². The Morgan fingerprint density at radius 1 is 0.750 bits per heavy atom. The minimum absolute atomic E-state index is 0.0151. The van der Waals surface area contributed by atoms with Crippen LogP contribution in [-0.2, 0) is 11.3 Å². The number of likely N-dealkylation sites (tertiary alicyclic amines) is 2. The highest BCUT2D eigenvalue weighted by Gasteiger charge is 2.27. The zero-order valence-electron chi connectivity index (χ0n) is 28.1. The van der Waals surface area contributed by atoms with Crippen LogP contribution in [0.15, 0.2) is 78.9 Å². The van der Waals surface area contributed by atoms with Crippen molar-refractivity contribution in [2.75, 3.05) is 77.8 Å². The molecule has 10 nitrogen and oxygen atoms in total. The van der Waals surface area contributed by atoms with Gasteiger partial charge in [-0.25, -0.2) is 9.59 Å². The third-order valence-electron chi connectivity index (χ3n) is 9.78. The van der Waals surface area contributed by atoms with Crippen LogP contribution >= 0.6 is 0 Å². The number of urea groups is 1. The molecule has 3 heterocycles. The van der Waals surface area contributed by atoms with Crippen LogP contribution in [0.25, 0.3) is 11.1 Å². The van der Waals surface area contributed by atoms with Crippen molar-refractivity contribution >= 4 is 23.7 Å². The smallest absolute Gasteiger partial charge is 0.411 e. The average molecular weight is 653 g/mol. The largest absolute Gasteiger partial charge is 0.446 e. The highest BCUT2D eigenvalue weighted by molar-refractivity contribution is 5.94. The second kappa shape index (κ2) is 16.1. The summed E-state index contributed by atoms with van der Waals surface area (Å²) >= 11 is 0. The van der Waals surface area contributed by atoms with Crippen LogP contribution in [0, 0.1) is 0 Å². The first kappa shape index (κ1) is 33.5. The van der Waals surface area contributed by atoms with Gasteiger partial charge < -0.3 is 24.3 Å². The molecule has 3 aliphatic rings. The monoisotopic (exact) mass is 652 g/mol. The Labute approximate surface area is 284 Å². The van der Waals surface area contributed by atoms with Gasteiger partial charge in [-0.1, -0.05) is 60.7 Å². The summed E-state index contributed by atoms with van der Waals surface area (Å²) in [7, 11) is 1.85. The molecule has 3 saturated heterocycles. The standard InChI is InChI=1S/C38H48N6O4/c1-40(36(45)32-15-13-30(14-16-32)29-42-25-27-44(28-26-42)38(47)43-19-7-8-20-43)23-24-41-21-17-33(18-22-41)48-37(46)39-35-12-6-5-11-34(35)31-9-3-2-4-10-31/h2-6,9-16,33H,7-8,17-29H2,1H3,(H,39,46). The minimum Gasteiger partial charge on any atom is -0.446 e. The number of ether oxygens (including phenoxy) is 1. The molecule has 48 heavy (non-hydrogen) atoms. The van der Waals surface area contributed by atoms with Crippen molar-refractivity contribution in [3.63, 3.8) is 0 Å².